The second kappa shape index (κ2) is 7.49. The molecule has 0 bridgehead atoms. The minimum absolute atomic E-state index is 0.0271. The van der Waals surface area contributed by atoms with Gasteiger partial charge in [-0.3, -0.25) is 4.79 Å². The lowest BCUT2D eigenvalue weighted by molar-refractivity contribution is -0.126. The Morgan fingerprint density at radius 1 is 1.07 bits per heavy atom. The van der Waals surface area contributed by atoms with Gasteiger partial charge in [0, 0.05) is 24.7 Å². The molecule has 0 unspecified atom stereocenters. The fourth-order valence-corrected chi connectivity index (χ4v) is 4.51. The smallest absolute Gasteiger partial charge is 0.231 e. The summed E-state index contributed by atoms with van der Waals surface area (Å²) in [5, 5.41) is 4.30. The molecule has 2 fully saturated rings. The van der Waals surface area contributed by atoms with E-state index in [4.69, 9.17) is 9.40 Å². The summed E-state index contributed by atoms with van der Waals surface area (Å²) in [4.78, 5) is 24.3. The molecule has 0 aromatic carbocycles. The van der Waals surface area contributed by atoms with Crippen LogP contribution in [-0.2, 0) is 4.79 Å². The molecule has 4 rings (SSSR count). The summed E-state index contributed by atoms with van der Waals surface area (Å²) in [5.41, 5.74) is 1.75. The van der Waals surface area contributed by atoms with Gasteiger partial charge in [-0.25, -0.2) is 4.98 Å². The minimum atomic E-state index is 0.0271. The van der Waals surface area contributed by atoms with E-state index in [1.807, 2.05) is 13.8 Å². The highest BCUT2D eigenvalue weighted by atomic mass is 16.3. The Morgan fingerprint density at radius 2 is 1.85 bits per heavy atom. The summed E-state index contributed by atoms with van der Waals surface area (Å²) < 4.78 is 5.83. The van der Waals surface area contributed by atoms with E-state index in [0.29, 0.717) is 24.1 Å². The zero-order chi connectivity index (χ0) is 19.0. The quantitative estimate of drug-likeness (QED) is 0.889. The average Bonchev–Trinajstić information content (AvgIpc) is 2.95. The van der Waals surface area contributed by atoms with Crippen molar-refractivity contribution in [1.82, 2.24) is 15.3 Å². The van der Waals surface area contributed by atoms with Gasteiger partial charge in [-0.2, -0.15) is 4.98 Å². The number of aryl methyl sites for hydroxylation is 3. The molecule has 6 nitrogen and oxygen atoms in total. The van der Waals surface area contributed by atoms with Crippen LogP contribution >= 0.6 is 0 Å². The SMILES string of the molecule is Cc1nc(N2CCC[C@H](C(=O)NC3CCCCC3)C2)c2c(C)c(C)oc2n1. The third-order valence-corrected chi connectivity index (χ3v) is 6.16. The first kappa shape index (κ1) is 18.3. The lowest BCUT2D eigenvalue weighted by Crippen LogP contribution is -2.46. The van der Waals surface area contributed by atoms with Gasteiger partial charge in [0.2, 0.25) is 11.6 Å². The zero-order valence-corrected chi connectivity index (χ0v) is 16.7. The third kappa shape index (κ3) is 3.66. The molecule has 27 heavy (non-hydrogen) atoms. The lowest BCUT2D eigenvalue weighted by Gasteiger charge is -2.34. The van der Waals surface area contributed by atoms with Gasteiger partial charge in [0.15, 0.2) is 0 Å². The standard InChI is InChI=1S/C21H30N4O2/c1-13-14(2)27-21-18(13)19(22-15(3)23-21)25-11-7-8-16(12-25)20(26)24-17-9-5-4-6-10-17/h16-17H,4-12H2,1-3H3,(H,24,26)/t16-/m0/s1. The number of anilines is 1. The normalized spacial score (nSPS) is 21.6. The number of furan rings is 1. The molecule has 1 amide bonds. The number of nitrogens with zero attached hydrogens (tertiary/aromatic N) is 3. The number of nitrogens with one attached hydrogen (secondary N) is 1. The predicted octanol–water partition coefficient (Wildman–Crippen LogP) is 3.81. The van der Waals surface area contributed by atoms with Crippen molar-refractivity contribution in [3.8, 4) is 0 Å². The van der Waals surface area contributed by atoms with E-state index in [1.165, 1.54) is 19.3 Å². The highest BCUT2D eigenvalue weighted by Crippen LogP contribution is 2.33. The van der Waals surface area contributed by atoms with E-state index in [0.717, 1.165) is 54.8 Å². The minimum Gasteiger partial charge on any atom is -0.443 e. The molecule has 1 atom stereocenters. The fraction of sp³-hybridized carbons (Fsp3) is 0.667. The van der Waals surface area contributed by atoms with Gasteiger partial charge >= 0.3 is 0 Å². The summed E-state index contributed by atoms with van der Waals surface area (Å²) in [6.07, 6.45) is 7.98. The van der Waals surface area contributed by atoms with Crippen LogP contribution in [0.1, 0.15) is 62.1 Å². The molecular weight excluding hydrogens is 340 g/mol. The monoisotopic (exact) mass is 370 g/mol. The number of amides is 1. The summed E-state index contributed by atoms with van der Waals surface area (Å²) >= 11 is 0. The van der Waals surface area contributed by atoms with Gasteiger partial charge < -0.3 is 14.6 Å². The van der Waals surface area contributed by atoms with Gasteiger partial charge in [0.25, 0.3) is 0 Å². The Hall–Kier alpha value is -2.11. The molecule has 1 saturated heterocycles. The number of aromatic nitrogens is 2. The molecule has 0 radical (unpaired) electrons. The molecule has 1 aliphatic heterocycles. The van der Waals surface area contributed by atoms with Crippen molar-refractivity contribution < 1.29 is 9.21 Å². The van der Waals surface area contributed by atoms with E-state index >= 15 is 0 Å². The summed E-state index contributed by atoms with van der Waals surface area (Å²) in [6.45, 7) is 7.55. The maximum Gasteiger partial charge on any atom is 0.231 e. The molecule has 2 aliphatic rings. The van der Waals surface area contributed by atoms with Gasteiger partial charge in [-0.15, -0.1) is 0 Å². The number of carbonyl (C=O) groups excluding carboxylic acids is 1. The first-order valence-electron chi connectivity index (χ1n) is 10.3. The Bertz CT molecular complexity index is 838. The van der Waals surface area contributed by atoms with E-state index in [9.17, 15) is 4.79 Å². The van der Waals surface area contributed by atoms with Crippen molar-refractivity contribution in [2.24, 2.45) is 5.92 Å². The molecule has 1 N–H and O–H groups in total. The third-order valence-electron chi connectivity index (χ3n) is 6.16. The maximum absolute atomic E-state index is 12.9. The fourth-order valence-electron chi connectivity index (χ4n) is 4.51. The average molecular weight is 370 g/mol. The number of hydrogen-bond acceptors (Lipinski definition) is 5. The van der Waals surface area contributed by atoms with E-state index in [-0.39, 0.29) is 11.8 Å². The van der Waals surface area contributed by atoms with Crippen molar-refractivity contribution in [2.45, 2.75) is 71.8 Å². The molecular formula is C21H30N4O2. The first-order chi connectivity index (χ1) is 13.0. The summed E-state index contributed by atoms with van der Waals surface area (Å²) in [6, 6.07) is 0.369. The Labute approximate surface area is 160 Å². The van der Waals surface area contributed by atoms with E-state index in [1.54, 1.807) is 0 Å². The molecule has 1 aliphatic carbocycles. The molecule has 0 spiro atoms. The number of hydrogen-bond donors (Lipinski definition) is 1. The van der Waals surface area contributed by atoms with E-state index < -0.39 is 0 Å². The van der Waals surface area contributed by atoms with E-state index in [2.05, 4.69) is 22.1 Å². The van der Waals surface area contributed by atoms with Crippen LogP contribution in [0.2, 0.25) is 0 Å². The number of carbonyl (C=O) groups is 1. The molecule has 146 valence electrons. The number of piperidine rings is 1. The molecule has 1 saturated carbocycles. The Kier molecular flexibility index (Phi) is 5.06. The Morgan fingerprint density at radius 3 is 2.63 bits per heavy atom. The second-order valence-electron chi connectivity index (χ2n) is 8.19. The topological polar surface area (TPSA) is 71.3 Å². The largest absolute Gasteiger partial charge is 0.443 e. The van der Waals surface area contributed by atoms with Crippen LogP contribution in [0.5, 0.6) is 0 Å². The number of rotatable bonds is 3. The predicted molar refractivity (Wildman–Crippen MR) is 106 cm³/mol. The summed E-state index contributed by atoms with van der Waals surface area (Å²) in [5.74, 6) is 2.75. The van der Waals surface area contributed by atoms with Crippen molar-refractivity contribution >= 4 is 22.8 Å². The van der Waals surface area contributed by atoms with Crippen LogP contribution < -0.4 is 10.2 Å². The lowest BCUT2D eigenvalue weighted by atomic mass is 9.93. The maximum atomic E-state index is 12.9. The first-order valence-corrected chi connectivity index (χ1v) is 10.3. The van der Waals surface area contributed by atoms with Crippen LogP contribution in [0.3, 0.4) is 0 Å². The second-order valence-corrected chi connectivity index (χ2v) is 8.19. The highest BCUT2D eigenvalue weighted by molar-refractivity contribution is 5.90. The van der Waals surface area contributed by atoms with Crippen LogP contribution in [0.25, 0.3) is 11.1 Å². The molecule has 3 heterocycles. The van der Waals surface area contributed by atoms with Crippen LogP contribution in [0.15, 0.2) is 4.42 Å². The number of fused-ring (bicyclic) bond motifs is 1. The Balaban J connectivity index is 1.54. The van der Waals surface area contributed by atoms with Gasteiger partial charge in [0.1, 0.15) is 17.4 Å². The zero-order valence-electron chi connectivity index (χ0n) is 16.7. The van der Waals surface area contributed by atoms with Crippen molar-refractivity contribution in [3.63, 3.8) is 0 Å². The van der Waals surface area contributed by atoms with Gasteiger partial charge in [-0.05, 0) is 46.5 Å². The molecule has 2 aromatic heterocycles. The molecule has 6 heteroatoms. The van der Waals surface area contributed by atoms with Crippen LogP contribution in [-0.4, -0.2) is 35.0 Å². The summed E-state index contributed by atoms with van der Waals surface area (Å²) in [7, 11) is 0. The van der Waals surface area contributed by atoms with Crippen molar-refractivity contribution in [1.29, 1.82) is 0 Å². The molecule has 2 aromatic rings. The van der Waals surface area contributed by atoms with Crippen molar-refractivity contribution in [2.75, 3.05) is 18.0 Å². The highest BCUT2D eigenvalue weighted by Gasteiger charge is 2.30. The van der Waals surface area contributed by atoms with Crippen LogP contribution in [0.4, 0.5) is 5.82 Å². The van der Waals surface area contributed by atoms with Crippen molar-refractivity contribution in [3.05, 3.63) is 17.1 Å². The van der Waals surface area contributed by atoms with Crippen LogP contribution in [0, 0.1) is 26.7 Å². The van der Waals surface area contributed by atoms with Gasteiger partial charge in [-0.1, -0.05) is 19.3 Å². The van der Waals surface area contributed by atoms with Gasteiger partial charge in [0.05, 0.1) is 11.3 Å².